The van der Waals surface area contributed by atoms with Crippen molar-refractivity contribution in [1.82, 2.24) is 4.90 Å². The number of amides is 1. The molecule has 2 rings (SSSR count). The van der Waals surface area contributed by atoms with Gasteiger partial charge < -0.3 is 19.2 Å². The summed E-state index contributed by atoms with van der Waals surface area (Å²) >= 11 is 0. The lowest BCUT2D eigenvalue weighted by Crippen LogP contribution is -2.47. The van der Waals surface area contributed by atoms with Crippen molar-refractivity contribution >= 4 is 11.9 Å². The van der Waals surface area contributed by atoms with Crippen LogP contribution in [0.1, 0.15) is 36.1 Å². The summed E-state index contributed by atoms with van der Waals surface area (Å²) in [5.41, 5.74) is 0. The number of aliphatic carboxylic acids is 1. The summed E-state index contributed by atoms with van der Waals surface area (Å²) in [7, 11) is 1.55. The molecule has 1 aliphatic rings. The van der Waals surface area contributed by atoms with Gasteiger partial charge in [-0.1, -0.05) is 0 Å². The standard InChI is InChI=1S/C14H19NO5/c1-9-3-4-10(14(17)18)7-15(9)13(16)12-6-5-11(20-12)8-19-2/h5-6,9-10H,3-4,7-8H2,1-2H3,(H,17,18). The predicted molar refractivity (Wildman–Crippen MR) is 70.3 cm³/mol. The number of carboxylic acids is 1. The van der Waals surface area contributed by atoms with Crippen LogP contribution in [0.2, 0.25) is 0 Å². The van der Waals surface area contributed by atoms with Crippen molar-refractivity contribution in [3.05, 3.63) is 23.7 Å². The first kappa shape index (κ1) is 14.6. The maximum absolute atomic E-state index is 12.4. The molecule has 2 atom stereocenters. The average Bonchev–Trinajstić information content (AvgIpc) is 2.87. The fourth-order valence-corrected chi connectivity index (χ4v) is 2.45. The smallest absolute Gasteiger partial charge is 0.308 e. The molecule has 0 saturated carbocycles. The van der Waals surface area contributed by atoms with Crippen molar-refractivity contribution in [2.45, 2.75) is 32.4 Å². The molecule has 110 valence electrons. The molecule has 0 aromatic carbocycles. The first-order valence-electron chi connectivity index (χ1n) is 6.64. The van der Waals surface area contributed by atoms with Crippen LogP contribution in [-0.2, 0) is 16.1 Å². The molecule has 1 N–H and O–H groups in total. The van der Waals surface area contributed by atoms with Gasteiger partial charge in [-0.25, -0.2) is 0 Å². The fraction of sp³-hybridized carbons (Fsp3) is 0.571. The molecule has 6 nitrogen and oxygen atoms in total. The number of hydrogen-bond acceptors (Lipinski definition) is 4. The Morgan fingerprint density at radius 2 is 2.20 bits per heavy atom. The zero-order valence-corrected chi connectivity index (χ0v) is 11.7. The number of rotatable bonds is 4. The highest BCUT2D eigenvalue weighted by atomic mass is 16.5. The van der Waals surface area contributed by atoms with Crippen LogP contribution in [-0.4, -0.2) is 41.6 Å². The van der Waals surface area contributed by atoms with Gasteiger partial charge in [-0.05, 0) is 31.9 Å². The van der Waals surface area contributed by atoms with Gasteiger partial charge in [0.25, 0.3) is 5.91 Å². The number of ether oxygens (including phenoxy) is 1. The van der Waals surface area contributed by atoms with E-state index in [-0.39, 0.29) is 24.3 Å². The molecule has 1 aromatic heterocycles. The SMILES string of the molecule is COCc1ccc(C(=O)N2CC(C(=O)O)CCC2C)o1. The van der Waals surface area contributed by atoms with Crippen LogP contribution in [0.5, 0.6) is 0 Å². The van der Waals surface area contributed by atoms with E-state index in [0.717, 1.165) is 0 Å². The molecule has 6 heteroatoms. The molecular weight excluding hydrogens is 262 g/mol. The molecule has 0 aliphatic carbocycles. The molecule has 0 radical (unpaired) electrons. The van der Waals surface area contributed by atoms with Crippen molar-refractivity contribution in [1.29, 1.82) is 0 Å². The molecule has 1 aromatic rings. The molecule has 1 aliphatic heterocycles. The number of likely N-dealkylation sites (tertiary alicyclic amines) is 1. The van der Waals surface area contributed by atoms with Gasteiger partial charge in [0, 0.05) is 19.7 Å². The Morgan fingerprint density at radius 1 is 1.45 bits per heavy atom. The molecule has 1 fully saturated rings. The number of piperidine rings is 1. The molecule has 1 amide bonds. The quantitative estimate of drug-likeness (QED) is 0.909. The Kier molecular flexibility index (Phi) is 4.44. The summed E-state index contributed by atoms with van der Waals surface area (Å²) in [5.74, 6) is -0.797. The lowest BCUT2D eigenvalue weighted by molar-refractivity contribution is -0.143. The Bertz CT molecular complexity index is 496. The van der Waals surface area contributed by atoms with Gasteiger partial charge in [-0.15, -0.1) is 0 Å². The lowest BCUT2D eigenvalue weighted by Gasteiger charge is -2.35. The number of carboxylic acid groups (broad SMARTS) is 1. The number of hydrogen-bond donors (Lipinski definition) is 1. The van der Waals surface area contributed by atoms with Crippen LogP contribution < -0.4 is 0 Å². The van der Waals surface area contributed by atoms with Gasteiger partial charge >= 0.3 is 5.97 Å². The van der Waals surface area contributed by atoms with Crippen molar-refractivity contribution < 1.29 is 23.8 Å². The largest absolute Gasteiger partial charge is 0.481 e. The van der Waals surface area contributed by atoms with Crippen LogP contribution in [0.4, 0.5) is 0 Å². The zero-order valence-electron chi connectivity index (χ0n) is 11.7. The van der Waals surface area contributed by atoms with Crippen LogP contribution in [0, 0.1) is 5.92 Å². The topological polar surface area (TPSA) is 80.0 Å². The van der Waals surface area contributed by atoms with Crippen LogP contribution in [0.25, 0.3) is 0 Å². The fourth-order valence-electron chi connectivity index (χ4n) is 2.45. The summed E-state index contributed by atoms with van der Waals surface area (Å²) in [5, 5.41) is 9.09. The van der Waals surface area contributed by atoms with Crippen molar-refractivity contribution in [2.75, 3.05) is 13.7 Å². The average molecular weight is 281 g/mol. The third-order valence-electron chi connectivity index (χ3n) is 3.65. The van der Waals surface area contributed by atoms with Gasteiger partial charge in [-0.2, -0.15) is 0 Å². The second-order valence-electron chi connectivity index (χ2n) is 5.12. The predicted octanol–water partition coefficient (Wildman–Crippen LogP) is 1.75. The van der Waals surface area contributed by atoms with Crippen LogP contribution >= 0.6 is 0 Å². The Labute approximate surface area is 117 Å². The molecule has 0 spiro atoms. The third kappa shape index (κ3) is 3.01. The van der Waals surface area contributed by atoms with E-state index in [2.05, 4.69) is 0 Å². The summed E-state index contributed by atoms with van der Waals surface area (Å²) in [4.78, 5) is 25.1. The summed E-state index contributed by atoms with van der Waals surface area (Å²) in [6.07, 6.45) is 1.29. The van der Waals surface area contributed by atoms with E-state index in [9.17, 15) is 9.59 Å². The van der Waals surface area contributed by atoms with Gasteiger partial charge in [-0.3, -0.25) is 9.59 Å². The van der Waals surface area contributed by atoms with Crippen LogP contribution in [0.3, 0.4) is 0 Å². The maximum atomic E-state index is 12.4. The maximum Gasteiger partial charge on any atom is 0.308 e. The monoisotopic (exact) mass is 281 g/mol. The van der Waals surface area contributed by atoms with E-state index >= 15 is 0 Å². The minimum Gasteiger partial charge on any atom is -0.481 e. The van der Waals surface area contributed by atoms with E-state index in [1.807, 2.05) is 6.92 Å². The molecule has 2 unspecified atom stereocenters. The van der Waals surface area contributed by atoms with Crippen molar-refractivity contribution in [3.63, 3.8) is 0 Å². The van der Waals surface area contributed by atoms with E-state index in [1.54, 1.807) is 24.1 Å². The normalized spacial score (nSPS) is 22.8. The number of furan rings is 1. The van der Waals surface area contributed by atoms with E-state index in [1.165, 1.54) is 0 Å². The summed E-state index contributed by atoms with van der Waals surface area (Å²) in [6.45, 7) is 2.46. The Hall–Kier alpha value is -1.82. The number of nitrogens with zero attached hydrogens (tertiary/aromatic N) is 1. The zero-order chi connectivity index (χ0) is 14.7. The molecule has 20 heavy (non-hydrogen) atoms. The Morgan fingerprint density at radius 3 is 2.85 bits per heavy atom. The molecule has 1 saturated heterocycles. The first-order valence-corrected chi connectivity index (χ1v) is 6.64. The van der Waals surface area contributed by atoms with Crippen molar-refractivity contribution in [3.8, 4) is 0 Å². The minimum atomic E-state index is -0.853. The van der Waals surface area contributed by atoms with Crippen LogP contribution in [0.15, 0.2) is 16.5 Å². The second kappa shape index (κ2) is 6.09. The van der Waals surface area contributed by atoms with Gasteiger partial charge in [0.2, 0.25) is 0 Å². The van der Waals surface area contributed by atoms with E-state index in [0.29, 0.717) is 25.2 Å². The molecule has 0 bridgehead atoms. The van der Waals surface area contributed by atoms with Gasteiger partial charge in [0.05, 0.1) is 5.92 Å². The second-order valence-corrected chi connectivity index (χ2v) is 5.12. The highest BCUT2D eigenvalue weighted by molar-refractivity contribution is 5.92. The van der Waals surface area contributed by atoms with Gasteiger partial charge in [0.15, 0.2) is 5.76 Å². The number of methoxy groups -OCH3 is 1. The summed E-state index contributed by atoms with van der Waals surface area (Å²) < 4.78 is 10.4. The minimum absolute atomic E-state index is 0.0223. The van der Waals surface area contributed by atoms with Crippen molar-refractivity contribution in [2.24, 2.45) is 5.92 Å². The molecular formula is C14H19NO5. The molecule has 2 heterocycles. The van der Waals surface area contributed by atoms with E-state index < -0.39 is 11.9 Å². The first-order chi connectivity index (χ1) is 9.52. The number of carbonyl (C=O) groups excluding carboxylic acids is 1. The third-order valence-corrected chi connectivity index (χ3v) is 3.65. The van der Waals surface area contributed by atoms with E-state index in [4.69, 9.17) is 14.3 Å². The Balaban J connectivity index is 2.11. The number of carbonyl (C=O) groups is 2. The van der Waals surface area contributed by atoms with Gasteiger partial charge in [0.1, 0.15) is 12.4 Å². The highest BCUT2D eigenvalue weighted by Gasteiger charge is 2.33. The lowest BCUT2D eigenvalue weighted by atomic mass is 9.93. The highest BCUT2D eigenvalue weighted by Crippen LogP contribution is 2.24. The summed E-state index contributed by atoms with van der Waals surface area (Å²) in [6, 6.07) is 3.32.